The first-order chi connectivity index (χ1) is 9.40. The van der Waals surface area contributed by atoms with Crippen molar-refractivity contribution in [3.63, 3.8) is 0 Å². The minimum absolute atomic E-state index is 0.123. The molecule has 1 unspecified atom stereocenters. The smallest absolute Gasteiger partial charge is 0.242 e. The lowest BCUT2D eigenvalue weighted by atomic mass is 10.1. The number of hydrogen-bond acceptors (Lipinski definition) is 3. The van der Waals surface area contributed by atoms with Crippen LogP contribution in [0.1, 0.15) is 19.3 Å². The SMILES string of the molecule is O=C1NCCCCC1NS(=O)(=O)c1ccc(Br)cc1Br. The van der Waals surface area contributed by atoms with Crippen LogP contribution in [0.15, 0.2) is 32.0 Å². The Bertz CT molecular complexity index is 619. The average Bonchev–Trinajstić information content (AvgIpc) is 2.54. The van der Waals surface area contributed by atoms with Gasteiger partial charge in [0.05, 0.1) is 4.90 Å². The van der Waals surface area contributed by atoms with Gasteiger partial charge in [-0.25, -0.2) is 8.42 Å². The molecule has 0 aromatic heterocycles. The lowest BCUT2D eigenvalue weighted by Gasteiger charge is -2.16. The number of rotatable bonds is 3. The van der Waals surface area contributed by atoms with Crippen molar-refractivity contribution in [1.29, 1.82) is 0 Å². The first-order valence-corrected chi connectivity index (χ1v) is 9.22. The summed E-state index contributed by atoms with van der Waals surface area (Å²) in [5.74, 6) is -0.265. The maximum atomic E-state index is 12.4. The topological polar surface area (TPSA) is 75.3 Å². The normalized spacial score (nSPS) is 20.3. The third-order valence-electron chi connectivity index (χ3n) is 3.02. The summed E-state index contributed by atoms with van der Waals surface area (Å²) in [5.41, 5.74) is 0. The second-order valence-electron chi connectivity index (χ2n) is 4.54. The van der Waals surface area contributed by atoms with Crippen LogP contribution in [0.25, 0.3) is 0 Å². The Balaban J connectivity index is 2.24. The number of halogens is 2. The highest BCUT2D eigenvalue weighted by atomic mass is 79.9. The van der Waals surface area contributed by atoms with Crippen LogP contribution in [0.2, 0.25) is 0 Å². The zero-order chi connectivity index (χ0) is 14.8. The number of benzene rings is 1. The number of amides is 1. The Kier molecular flexibility index (Phi) is 5.22. The third kappa shape index (κ3) is 3.81. The van der Waals surface area contributed by atoms with Crippen LogP contribution >= 0.6 is 31.9 Å². The number of nitrogens with one attached hydrogen (secondary N) is 2. The van der Waals surface area contributed by atoms with E-state index in [9.17, 15) is 13.2 Å². The molecule has 0 spiro atoms. The van der Waals surface area contributed by atoms with Crippen molar-refractivity contribution in [2.75, 3.05) is 6.54 Å². The fourth-order valence-corrected chi connectivity index (χ4v) is 4.97. The van der Waals surface area contributed by atoms with Gasteiger partial charge in [-0.2, -0.15) is 4.72 Å². The summed E-state index contributed by atoms with van der Waals surface area (Å²) in [4.78, 5) is 11.9. The molecule has 1 aromatic carbocycles. The highest BCUT2D eigenvalue weighted by Crippen LogP contribution is 2.26. The Hall–Kier alpha value is -0.440. The van der Waals surface area contributed by atoms with Gasteiger partial charge in [0.25, 0.3) is 0 Å². The van der Waals surface area contributed by atoms with Gasteiger partial charge in [0, 0.05) is 15.5 Å². The molecule has 0 bridgehead atoms. The van der Waals surface area contributed by atoms with E-state index >= 15 is 0 Å². The average molecular weight is 426 g/mol. The highest BCUT2D eigenvalue weighted by Gasteiger charge is 2.27. The van der Waals surface area contributed by atoms with Crippen molar-refractivity contribution in [2.24, 2.45) is 0 Å². The molecule has 20 heavy (non-hydrogen) atoms. The van der Waals surface area contributed by atoms with Crippen molar-refractivity contribution >= 4 is 47.8 Å². The number of sulfonamides is 1. The summed E-state index contributed by atoms with van der Waals surface area (Å²) in [5, 5.41) is 2.71. The predicted octanol–water partition coefficient (Wildman–Crippen LogP) is 2.16. The Morgan fingerprint density at radius 3 is 2.70 bits per heavy atom. The maximum Gasteiger partial charge on any atom is 0.242 e. The van der Waals surface area contributed by atoms with Gasteiger partial charge in [0.15, 0.2) is 0 Å². The van der Waals surface area contributed by atoms with Crippen LogP contribution in [0.5, 0.6) is 0 Å². The Labute approximate surface area is 134 Å². The molecule has 1 fully saturated rings. The first kappa shape index (κ1) is 15.9. The largest absolute Gasteiger partial charge is 0.355 e. The van der Waals surface area contributed by atoms with Gasteiger partial charge in [-0.3, -0.25) is 4.79 Å². The lowest BCUT2D eigenvalue weighted by Crippen LogP contribution is -2.45. The molecule has 110 valence electrons. The molecule has 1 amide bonds. The van der Waals surface area contributed by atoms with E-state index in [1.165, 1.54) is 6.07 Å². The third-order valence-corrected chi connectivity index (χ3v) is 5.96. The van der Waals surface area contributed by atoms with Gasteiger partial charge >= 0.3 is 0 Å². The molecule has 1 heterocycles. The minimum atomic E-state index is -3.73. The number of carbonyl (C=O) groups excluding carboxylic acids is 1. The molecule has 2 N–H and O–H groups in total. The second kappa shape index (κ2) is 6.55. The van der Waals surface area contributed by atoms with Crippen LogP contribution in [0.3, 0.4) is 0 Å². The van der Waals surface area contributed by atoms with Crippen molar-refractivity contribution in [3.05, 3.63) is 27.1 Å². The van der Waals surface area contributed by atoms with Crippen LogP contribution in [0, 0.1) is 0 Å². The molecule has 1 aromatic rings. The molecule has 5 nitrogen and oxygen atoms in total. The maximum absolute atomic E-state index is 12.4. The second-order valence-corrected chi connectivity index (χ2v) is 7.99. The van der Waals surface area contributed by atoms with E-state index in [1.54, 1.807) is 12.1 Å². The quantitative estimate of drug-likeness (QED) is 0.779. The molecule has 1 aliphatic rings. The molecule has 2 rings (SSSR count). The molecule has 0 aliphatic carbocycles. The summed E-state index contributed by atoms with van der Waals surface area (Å²) >= 11 is 6.50. The van der Waals surface area contributed by atoms with Gasteiger partial charge in [-0.15, -0.1) is 0 Å². The van der Waals surface area contributed by atoms with Crippen LogP contribution in [0.4, 0.5) is 0 Å². The fraction of sp³-hybridized carbons (Fsp3) is 0.417. The van der Waals surface area contributed by atoms with E-state index in [1.807, 2.05) is 0 Å². The summed E-state index contributed by atoms with van der Waals surface area (Å²) < 4.78 is 28.4. The highest BCUT2D eigenvalue weighted by molar-refractivity contribution is 9.11. The monoisotopic (exact) mass is 424 g/mol. The predicted molar refractivity (Wildman–Crippen MR) is 82.8 cm³/mol. The van der Waals surface area contributed by atoms with E-state index in [4.69, 9.17) is 0 Å². The Morgan fingerprint density at radius 1 is 1.25 bits per heavy atom. The van der Waals surface area contributed by atoms with E-state index in [0.29, 0.717) is 17.4 Å². The molecule has 1 aliphatic heterocycles. The van der Waals surface area contributed by atoms with Gasteiger partial charge in [0.2, 0.25) is 15.9 Å². The van der Waals surface area contributed by atoms with E-state index in [0.717, 1.165) is 17.3 Å². The summed E-state index contributed by atoms with van der Waals surface area (Å²) in [7, 11) is -3.73. The van der Waals surface area contributed by atoms with Crippen molar-refractivity contribution in [1.82, 2.24) is 10.0 Å². The van der Waals surface area contributed by atoms with Crippen LogP contribution < -0.4 is 10.0 Å². The van der Waals surface area contributed by atoms with Crippen molar-refractivity contribution < 1.29 is 13.2 Å². The first-order valence-electron chi connectivity index (χ1n) is 6.15. The van der Waals surface area contributed by atoms with E-state index < -0.39 is 16.1 Å². The standard InChI is InChI=1S/C12H14Br2N2O3S/c13-8-4-5-11(9(14)7-8)20(18,19)16-10-3-1-2-6-15-12(10)17/h4-5,7,10,16H,1-3,6H2,(H,15,17). The minimum Gasteiger partial charge on any atom is -0.355 e. The van der Waals surface area contributed by atoms with Gasteiger partial charge in [-0.1, -0.05) is 15.9 Å². The Morgan fingerprint density at radius 2 is 2.00 bits per heavy atom. The van der Waals surface area contributed by atoms with Crippen molar-refractivity contribution in [3.8, 4) is 0 Å². The van der Waals surface area contributed by atoms with Crippen LogP contribution in [-0.2, 0) is 14.8 Å². The molecular formula is C12H14Br2N2O3S. The fourth-order valence-electron chi connectivity index (χ4n) is 2.00. The van der Waals surface area contributed by atoms with Gasteiger partial charge in [0.1, 0.15) is 6.04 Å². The van der Waals surface area contributed by atoms with E-state index in [2.05, 4.69) is 41.9 Å². The van der Waals surface area contributed by atoms with Crippen molar-refractivity contribution in [2.45, 2.75) is 30.2 Å². The molecule has 0 radical (unpaired) electrons. The summed E-state index contributed by atoms with van der Waals surface area (Å²) in [6, 6.07) is 4.08. The summed E-state index contributed by atoms with van der Waals surface area (Å²) in [6.07, 6.45) is 2.19. The molecule has 1 saturated heterocycles. The zero-order valence-electron chi connectivity index (χ0n) is 10.5. The molecule has 0 saturated carbocycles. The lowest BCUT2D eigenvalue weighted by molar-refractivity contribution is -0.122. The van der Waals surface area contributed by atoms with Gasteiger partial charge in [-0.05, 0) is 53.4 Å². The van der Waals surface area contributed by atoms with E-state index in [-0.39, 0.29) is 10.8 Å². The number of hydrogen-bond donors (Lipinski definition) is 2. The number of carbonyl (C=O) groups is 1. The van der Waals surface area contributed by atoms with Crippen LogP contribution in [-0.4, -0.2) is 26.9 Å². The zero-order valence-corrected chi connectivity index (χ0v) is 14.5. The van der Waals surface area contributed by atoms with Gasteiger partial charge < -0.3 is 5.32 Å². The molecule has 1 atom stereocenters. The summed E-state index contributed by atoms with van der Waals surface area (Å²) in [6.45, 7) is 0.596. The molecule has 8 heteroatoms. The molecular weight excluding hydrogens is 412 g/mol.